The SMILES string of the molecule is CC(C)(C)OC(=O)C(N)C1(C2([N+](=O)[O-])C=CC(C(=O)O)C=C2)CCCCC1. The molecule has 0 heterocycles. The fourth-order valence-electron chi connectivity index (χ4n) is 4.15. The summed E-state index contributed by atoms with van der Waals surface area (Å²) in [5.41, 5.74) is 2.64. The molecule has 1 atom stereocenters. The number of esters is 1. The third-order valence-electron chi connectivity index (χ3n) is 5.50. The number of nitro groups is 1. The molecule has 0 aromatic carbocycles. The highest BCUT2D eigenvalue weighted by Gasteiger charge is 2.64. The molecule has 0 aromatic rings. The molecule has 1 saturated carbocycles. The van der Waals surface area contributed by atoms with Crippen LogP contribution in [0.3, 0.4) is 0 Å². The Hall–Kier alpha value is -2.22. The summed E-state index contributed by atoms with van der Waals surface area (Å²) in [4.78, 5) is 35.7. The topological polar surface area (TPSA) is 133 Å². The van der Waals surface area contributed by atoms with Gasteiger partial charge in [0.1, 0.15) is 11.6 Å². The fourth-order valence-corrected chi connectivity index (χ4v) is 4.15. The molecule has 8 heteroatoms. The zero-order valence-corrected chi connectivity index (χ0v) is 16.0. The van der Waals surface area contributed by atoms with Crippen molar-refractivity contribution >= 4 is 11.9 Å². The Bertz CT molecular complexity index is 656. The number of hydrogen-bond acceptors (Lipinski definition) is 6. The van der Waals surface area contributed by atoms with Gasteiger partial charge in [-0.15, -0.1) is 0 Å². The summed E-state index contributed by atoms with van der Waals surface area (Å²) >= 11 is 0. The molecule has 1 unspecified atom stereocenters. The molecular formula is C19H28N2O6. The van der Waals surface area contributed by atoms with Gasteiger partial charge in [0, 0.05) is 4.92 Å². The molecule has 2 rings (SSSR count). The van der Waals surface area contributed by atoms with Crippen molar-refractivity contribution in [3.05, 3.63) is 34.4 Å². The normalized spacial score (nSPS) is 28.4. The summed E-state index contributed by atoms with van der Waals surface area (Å²) in [6, 6.07) is -1.20. The largest absolute Gasteiger partial charge is 0.481 e. The molecule has 0 saturated heterocycles. The zero-order valence-electron chi connectivity index (χ0n) is 16.0. The summed E-state index contributed by atoms with van der Waals surface area (Å²) in [7, 11) is 0. The van der Waals surface area contributed by atoms with Crippen LogP contribution >= 0.6 is 0 Å². The van der Waals surface area contributed by atoms with E-state index >= 15 is 0 Å². The van der Waals surface area contributed by atoms with E-state index in [1.807, 2.05) is 0 Å². The van der Waals surface area contributed by atoms with Crippen molar-refractivity contribution in [1.29, 1.82) is 0 Å². The number of hydrogen-bond donors (Lipinski definition) is 2. The third-order valence-corrected chi connectivity index (χ3v) is 5.50. The minimum Gasteiger partial charge on any atom is -0.481 e. The summed E-state index contributed by atoms with van der Waals surface area (Å²) in [5, 5.41) is 21.4. The number of nitrogens with zero attached hydrogens (tertiary/aromatic N) is 1. The minimum atomic E-state index is -1.74. The quantitative estimate of drug-likeness (QED) is 0.324. The molecule has 3 N–H and O–H groups in total. The highest BCUT2D eigenvalue weighted by atomic mass is 16.6. The lowest BCUT2D eigenvalue weighted by molar-refractivity contribution is -0.564. The summed E-state index contributed by atoms with van der Waals surface area (Å²) < 4.78 is 5.42. The molecule has 1 fully saturated rings. The monoisotopic (exact) mass is 380 g/mol. The van der Waals surface area contributed by atoms with Crippen molar-refractivity contribution in [2.45, 2.75) is 70.1 Å². The average Bonchev–Trinajstić information content (AvgIpc) is 2.59. The van der Waals surface area contributed by atoms with Gasteiger partial charge in [0.15, 0.2) is 0 Å². The molecule has 0 amide bonds. The highest BCUT2D eigenvalue weighted by Crippen LogP contribution is 2.51. The van der Waals surface area contributed by atoms with Crippen molar-refractivity contribution in [3.63, 3.8) is 0 Å². The molecule has 0 bridgehead atoms. The van der Waals surface area contributed by atoms with E-state index in [-0.39, 0.29) is 0 Å². The lowest BCUT2D eigenvalue weighted by Crippen LogP contribution is -2.64. The van der Waals surface area contributed by atoms with E-state index in [4.69, 9.17) is 10.5 Å². The number of nitrogens with two attached hydrogens (primary N) is 1. The maximum atomic E-state index is 12.7. The van der Waals surface area contributed by atoms with Crippen molar-refractivity contribution in [3.8, 4) is 0 Å². The maximum absolute atomic E-state index is 12.7. The predicted octanol–water partition coefficient (Wildman–Crippen LogP) is 2.45. The Kier molecular flexibility index (Phi) is 5.79. The van der Waals surface area contributed by atoms with E-state index in [9.17, 15) is 24.8 Å². The second-order valence-electron chi connectivity index (χ2n) is 8.39. The summed E-state index contributed by atoms with van der Waals surface area (Å²) in [5.74, 6) is -2.70. The molecule has 0 radical (unpaired) electrons. The van der Waals surface area contributed by atoms with Gasteiger partial charge in [0.25, 0.3) is 5.54 Å². The smallest absolute Gasteiger partial charge is 0.324 e. The van der Waals surface area contributed by atoms with Gasteiger partial charge in [-0.25, -0.2) is 0 Å². The van der Waals surface area contributed by atoms with Gasteiger partial charge in [0.2, 0.25) is 0 Å². The Labute approximate surface area is 158 Å². The van der Waals surface area contributed by atoms with Gasteiger partial charge in [0.05, 0.1) is 11.3 Å². The van der Waals surface area contributed by atoms with E-state index in [0.29, 0.717) is 25.7 Å². The lowest BCUT2D eigenvalue weighted by Gasteiger charge is -2.47. The minimum absolute atomic E-state index is 0.390. The first-order valence-electron chi connectivity index (χ1n) is 9.20. The highest BCUT2D eigenvalue weighted by molar-refractivity contribution is 5.78. The molecule has 2 aliphatic carbocycles. The van der Waals surface area contributed by atoms with Gasteiger partial charge in [-0.05, 0) is 45.8 Å². The molecule has 0 spiro atoms. The van der Waals surface area contributed by atoms with Crippen LogP contribution in [0, 0.1) is 21.4 Å². The first kappa shape index (κ1) is 21.1. The van der Waals surface area contributed by atoms with Crippen LogP contribution in [-0.2, 0) is 14.3 Å². The van der Waals surface area contributed by atoms with Gasteiger partial charge >= 0.3 is 11.9 Å². The van der Waals surface area contributed by atoms with Crippen LogP contribution in [0.4, 0.5) is 0 Å². The molecule has 8 nitrogen and oxygen atoms in total. The Morgan fingerprint density at radius 3 is 2.15 bits per heavy atom. The van der Waals surface area contributed by atoms with E-state index in [2.05, 4.69) is 0 Å². The molecular weight excluding hydrogens is 352 g/mol. The van der Waals surface area contributed by atoms with E-state index in [1.54, 1.807) is 20.8 Å². The van der Waals surface area contributed by atoms with Crippen LogP contribution in [0.1, 0.15) is 52.9 Å². The van der Waals surface area contributed by atoms with Crippen molar-refractivity contribution in [2.24, 2.45) is 17.1 Å². The van der Waals surface area contributed by atoms with Crippen LogP contribution in [0.15, 0.2) is 24.3 Å². The average molecular weight is 380 g/mol. The fraction of sp³-hybridized carbons (Fsp3) is 0.684. The molecule has 0 aromatic heterocycles. The predicted molar refractivity (Wildman–Crippen MR) is 98.5 cm³/mol. The van der Waals surface area contributed by atoms with Gasteiger partial charge in [-0.1, -0.05) is 31.4 Å². The first-order chi connectivity index (χ1) is 12.5. The second-order valence-corrected chi connectivity index (χ2v) is 8.39. The van der Waals surface area contributed by atoms with Crippen LogP contribution in [-0.4, -0.2) is 39.2 Å². The van der Waals surface area contributed by atoms with Gasteiger partial charge in [-0.3, -0.25) is 19.7 Å². The Balaban J connectivity index is 2.51. The third kappa shape index (κ3) is 3.90. The van der Waals surface area contributed by atoms with E-state index < -0.39 is 45.4 Å². The first-order valence-corrected chi connectivity index (χ1v) is 9.20. The van der Waals surface area contributed by atoms with E-state index in [1.165, 1.54) is 24.3 Å². The number of rotatable bonds is 5. The van der Waals surface area contributed by atoms with Gasteiger partial charge in [-0.2, -0.15) is 0 Å². The molecule has 27 heavy (non-hydrogen) atoms. The van der Waals surface area contributed by atoms with Crippen molar-refractivity contribution < 1.29 is 24.4 Å². The standard InChI is InChI=1S/C19H28N2O6/c1-17(2,3)27-16(24)14(20)18(9-5-4-6-10-18)19(21(25)26)11-7-13(8-12-19)15(22)23/h7-8,11-14H,4-6,9-10,20H2,1-3H3,(H,22,23). The van der Waals surface area contributed by atoms with Crippen LogP contribution in [0.5, 0.6) is 0 Å². The van der Waals surface area contributed by atoms with Crippen molar-refractivity contribution in [2.75, 3.05) is 0 Å². The van der Waals surface area contributed by atoms with Crippen LogP contribution < -0.4 is 5.73 Å². The number of carboxylic acid groups (broad SMARTS) is 1. The molecule has 0 aliphatic heterocycles. The summed E-state index contributed by atoms with van der Waals surface area (Å²) in [6.07, 6.45) is 8.32. The number of carboxylic acids is 1. The van der Waals surface area contributed by atoms with E-state index in [0.717, 1.165) is 6.42 Å². The second kappa shape index (κ2) is 7.42. The zero-order chi connectivity index (χ0) is 20.5. The molecule has 2 aliphatic rings. The van der Waals surface area contributed by atoms with Crippen LogP contribution in [0.2, 0.25) is 0 Å². The van der Waals surface area contributed by atoms with Crippen LogP contribution in [0.25, 0.3) is 0 Å². The van der Waals surface area contributed by atoms with Gasteiger partial charge < -0.3 is 15.6 Å². The molecule has 150 valence electrons. The Morgan fingerprint density at radius 2 is 1.74 bits per heavy atom. The number of carbonyl (C=O) groups is 2. The number of ether oxygens (including phenoxy) is 1. The maximum Gasteiger partial charge on any atom is 0.324 e. The number of aliphatic carboxylic acids is 1. The number of carbonyl (C=O) groups excluding carboxylic acids is 1. The summed E-state index contributed by atoms with van der Waals surface area (Å²) in [6.45, 7) is 5.14. The Morgan fingerprint density at radius 1 is 1.22 bits per heavy atom. The van der Waals surface area contributed by atoms with Crippen molar-refractivity contribution in [1.82, 2.24) is 0 Å². The lowest BCUT2D eigenvalue weighted by atomic mass is 9.56.